The molecule has 0 aliphatic rings. The van der Waals surface area contributed by atoms with Crippen molar-refractivity contribution in [2.24, 2.45) is 0 Å². The van der Waals surface area contributed by atoms with Crippen LogP contribution < -0.4 is 4.74 Å². The maximum atomic E-state index is 12.3. The number of carbonyl (C=O) groups is 1. The molecule has 1 aromatic rings. The van der Waals surface area contributed by atoms with Gasteiger partial charge in [-0.15, -0.1) is 0 Å². The molecule has 0 atom stereocenters. The first kappa shape index (κ1) is 15.6. The van der Waals surface area contributed by atoms with E-state index in [4.69, 9.17) is 5.11 Å². The van der Waals surface area contributed by atoms with Crippen LogP contribution in [-0.4, -0.2) is 23.0 Å². The van der Waals surface area contributed by atoms with Crippen molar-refractivity contribution in [1.29, 1.82) is 0 Å². The molecule has 0 unspecified atom stereocenters. The molecule has 0 heterocycles. The van der Waals surface area contributed by atoms with Gasteiger partial charge in [0.2, 0.25) is 0 Å². The zero-order chi connectivity index (χ0) is 14.3. The Morgan fingerprint density at radius 3 is 2.79 bits per heavy atom. The van der Waals surface area contributed by atoms with E-state index in [0.29, 0.717) is 17.5 Å². The lowest BCUT2D eigenvalue weighted by Gasteiger charge is -2.13. The summed E-state index contributed by atoms with van der Waals surface area (Å²) in [6.45, 7) is -2.90. The van der Waals surface area contributed by atoms with Crippen molar-refractivity contribution in [3.8, 4) is 5.75 Å². The molecule has 1 aromatic carbocycles. The maximum absolute atomic E-state index is 12.3. The molecule has 3 nitrogen and oxygen atoms in total. The van der Waals surface area contributed by atoms with Crippen molar-refractivity contribution in [1.82, 2.24) is 0 Å². The molecule has 0 bridgehead atoms. The van der Waals surface area contributed by atoms with E-state index in [0.717, 1.165) is 17.8 Å². The monoisotopic (exact) mass is 334 g/mol. The van der Waals surface area contributed by atoms with Crippen LogP contribution in [0, 0.1) is 0 Å². The Hall–Kier alpha value is -1.43. The number of aliphatic carboxylic acids is 1. The van der Waals surface area contributed by atoms with Gasteiger partial charge in [0.05, 0.1) is 0 Å². The van der Waals surface area contributed by atoms with Gasteiger partial charge in [-0.25, -0.2) is 4.79 Å². The molecule has 0 amide bonds. The van der Waals surface area contributed by atoms with Gasteiger partial charge in [0.15, 0.2) is 0 Å². The van der Waals surface area contributed by atoms with Crippen LogP contribution in [-0.2, 0) is 11.2 Å². The molecule has 104 valence electrons. The van der Waals surface area contributed by atoms with Gasteiger partial charge in [0.25, 0.3) is 0 Å². The average Bonchev–Trinajstić information content (AvgIpc) is 2.34. The summed E-state index contributed by atoms with van der Waals surface area (Å²) in [7, 11) is 0. The Balaban J connectivity index is 3.09. The van der Waals surface area contributed by atoms with E-state index >= 15 is 0 Å². The van der Waals surface area contributed by atoms with Crippen LogP contribution in [0.4, 0.5) is 8.78 Å². The number of alkyl halides is 3. The summed E-state index contributed by atoms with van der Waals surface area (Å²) in [5, 5.41) is 9.33. The molecule has 1 N–H and O–H groups in total. The summed E-state index contributed by atoms with van der Waals surface area (Å²) < 4.78 is 29.1. The minimum atomic E-state index is -2.90. The molecule has 0 aliphatic carbocycles. The number of rotatable bonds is 7. The van der Waals surface area contributed by atoms with Gasteiger partial charge in [0, 0.05) is 17.0 Å². The number of ether oxygens (including phenoxy) is 1. The third-order valence-corrected chi connectivity index (χ3v) is 2.91. The van der Waals surface area contributed by atoms with E-state index in [1.54, 1.807) is 12.1 Å². The van der Waals surface area contributed by atoms with Crippen LogP contribution >= 0.6 is 15.9 Å². The summed E-state index contributed by atoms with van der Waals surface area (Å²) in [6.07, 6.45) is 3.61. The summed E-state index contributed by atoms with van der Waals surface area (Å²) in [5.41, 5.74) is 1.15. The summed E-state index contributed by atoms with van der Waals surface area (Å²) in [4.78, 5) is 10.5. The second-order valence-corrected chi connectivity index (χ2v) is 4.46. The third kappa shape index (κ3) is 5.38. The molecule has 0 saturated heterocycles. The normalized spacial score (nSPS) is 11.2. The molecule has 0 saturated carbocycles. The Morgan fingerprint density at radius 1 is 1.47 bits per heavy atom. The molecule has 0 aliphatic heterocycles. The maximum Gasteiger partial charge on any atom is 0.387 e. The van der Waals surface area contributed by atoms with Crippen LogP contribution in [0.5, 0.6) is 5.75 Å². The summed E-state index contributed by atoms with van der Waals surface area (Å²) in [5.74, 6) is -1.00. The zero-order valence-corrected chi connectivity index (χ0v) is 11.6. The molecule has 0 spiro atoms. The second kappa shape index (κ2) is 7.89. The fourth-order valence-electron chi connectivity index (χ4n) is 1.62. The van der Waals surface area contributed by atoms with Gasteiger partial charge in [-0.2, -0.15) is 8.78 Å². The first-order valence-corrected chi connectivity index (χ1v) is 6.70. The van der Waals surface area contributed by atoms with Crippen LogP contribution in [0.2, 0.25) is 0 Å². The van der Waals surface area contributed by atoms with Crippen LogP contribution in [0.15, 0.2) is 24.3 Å². The summed E-state index contributed by atoms with van der Waals surface area (Å²) in [6, 6.07) is 4.67. The lowest BCUT2D eigenvalue weighted by molar-refractivity contribution is -0.131. The van der Waals surface area contributed by atoms with Crippen molar-refractivity contribution >= 4 is 28.0 Å². The van der Waals surface area contributed by atoms with Crippen molar-refractivity contribution in [3.05, 3.63) is 35.4 Å². The van der Waals surface area contributed by atoms with Crippen LogP contribution in [0.25, 0.3) is 6.08 Å². The van der Waals surface area contributed by atoms with Gasteiger partial charge < -0.3 is 9.84 Å². The molecule has 0 radical (unpaired) electrons. The lowest BCUT2D eigenvalue weighted by atomic mass is 10.0. The standard InChI is InChI=1S/C13H13BrF2O3/c14-8-2-4-10-9(6-7-12(17)18)3-1-5-11(10)19-13(15)16/h1,3,5-7,13H,2,4,8H2,(H,17,18)/b7-6+. The zero-order valence-electron chi connectivity index (χ0n) is 9.98. The van der Waals surface area contributed by atoms with E-state index in [1.807, 2.05) is 0 Å². The highest BCUT2D eigenvalue weighted by Gasteiger charge is 2.12. The largest absolute Gasteiger partial charge is 0.478 e. The van der Waals surface area contributed by atoms with E-state index in [1.165, 1.54) is 12.1 Å². The summed E-state index contributed by atoms with van der Waals surface area (Å²) >= 11 is 3.27. The van der Waals surface area contributed by atoms with Gasteiger partial charge in [-0.05, 0) is 30.5 Å². The fourth-order valence-corrected chi connectivity index (χ4v) is 1.90. The fraction of sp³-hybridized carbons (Fsp3) is 0.308. The molecule has 6 heteroatoms. The van der Waals surface area contributed by atoms with Gasteiger partial charge >= 0.3 is 12.6 Å². The first-order chi connectivity index (χ1) is 9.04. The van der Waals surface area contributed by atoms with Crippen LogP contribution in [0.1, 0.15) is 17.5 Å². The van der Waals surface area contributed by atoms with Gasteiger partial charge in [0.1, 0.15) is 5.75 Å². The number of carboxylic acid groups (broad SMARTS) is 1. The van der Waals surface area contributed by atoms with Gasteiger partial charge in [-0.3, -0.25) is 0 Å². The first-order valence-electron chi connectivity index (χ1n) is 5.58. The highest BCUT2D eigenvalue weighted by molar-refractivity contribution is 9.09. The van der Waals surface area contributed by atoms with Crippen LogP contribution in [0.3, 0.4) is 0 Å². The Bertz CT molecular complexity index is 461. The smallest absolute Gasteiger partial charge is 0.387 e. The van der Waals surface area contributed by atoms with Crippen molar-refractivity contribution in [2.75, 3.05) is 5.33 Å². The second-order valence-electron chi connectivity index (χ2n) is 3.67. The lowest BCUT2D eigenvalue weighted by Crippen LogP contribution is -2.06. The highest BCUT2D eigenvalue weighted by Crippen LogP contribution is 2.27. The van der Waals surface area contributed by atoms with E-state index in [9.17, 15) is 13.6 Å². The molecule has 1 rings (SSSR count). The van der Waals surface area contributed by atoms with E-state index in [-0.39, 0.29) is 5.75 Å². The predicted octanol–water partition coefficient (Wildman–Crippen LogP) is 3.71. The highest BCUT2D eigenvalue weighted by atomic mass is 79.9. The van der Waals surface area contributed by atoms with Crippen molar-refractivity contribution in [2.45, 2.75) is 19.5 Å². The Morgan fingerprint density at radius 2 is 2.21 bits per heavy atom. The SMILES string of the molecule is O=C(O)/C=C/c1cccc(OC(F)F)c1CCCBr. The average molecular weight is 335 g/mol. The Kier molecular flexibility index (Phi) is 6.49. The third-order valence-electron chi connectivity index (χ3n) is 2.35. The van der Waals surface area contributed by atoms with E-state index in [2.05, 4.69) is 20.7 Å². The number of hydrogen-bond acceptors (Lipinski definition) is 2. The predicted molar refractivity (Wildman–Crippen MR) is 71.9 cm³/mol. The number of benzene rings is 1. The minimum absolute atomic E-state index is 0.0866. The minimum Gasteiger partial charge on any atom is -0.478 e. The molecular weight excluding hydrogens is 322 g/mol. The molecule has 0 fully saturated rings. The number of hydrogen-bond donors (Lipinski definition) is 1. The molecule has 19 heavy (non-hydrogen) atoms. The Labute approximate surface area is 118 Å². The quantitative estimate of drug-likeness (QED) is 0.610. The molecular formula is C13H13BrF2O3. The molecule has 0 aromatic heterocycles. The number of carboxylic acids is 1. The van der Waals surface area contributed by atoms with Crippen molar-refractivity contribution < 1.29 is 23.4 Å². The van der Waals surface area contributed by atoms with Crippen molar-refractivity contribution in [3.63, 3.8) is 0 Å². The number of halogens is 3. The topological polar surface area (TPSA) is 46.5 Å². The van der Waals surface area contributed by atoms with Gasteiger partial charge in [-0.1, -0.05) is 28.1 Å². The van der Waals surface area contributed by atoms with E-state index < -0.39 is 12.6 Å².